The number of benzene rings is 2. The topological polar surface area (TPSA) is 63.3 Å². The summed E-state index contributed by atoms with van der Waals surface area (Å²) in [7, 11) is 0. The Balaban J connectivity index is 2.45. The summed E-state index contributed by atoms with van der Waals surface area (Å²) in [5, 5.41) is 9.68. The molecular formula is C16H11ClF3NO2. The van der Waals surface area contributed by atoms with Crippen LogP contribution in [0.3, 0.4) is 0 Å². The van der Waals surface area contributed by atoms with Crippen LogP contribution in [0.4, 0.5) is 18.9 Å². The highest BCUT2D eigenvalue weighted by molar-refractivity contribution is 6.31. The molecule has 3 N–H and O–H groups in total. The van der Waals surface area contributed by atoms with Gasteiger partial charge in [0, 0.05) is 16.3 Å². The second-order valence-electron chi connectivity index (χ2n) is 4.71. The second-order valence-corrected chi connectivity index (χ2v) is 5.15. The first kappa shape index (κ1) is 16.9. The van der Waals surface area contributed by atoms with Crippen LogP contribution in [0, 0.1) is 0 Å². The molecule has 0 saturated heterocycles. The maximum atomic E-state index is 12.5. The van der Waals surface area contributed by atoms with Crippen molar-refractivity contribution in [2.75, 3.05) is 5.73 Å². The SMILES string of the molecule is Nc1cc(Cl)ccc1/C(=C\c1ccc(C(F)(F)F)cc1)C(=O)O. The number of nitrogens with two attached hydrogens (primary N) is 1. The monoisotopic (exact) mass is 341 g/mol. The van der Waals surface area contributed by atoms with Crippen LogP contribution in [0.5, 0.6) is 0 Å². The highest BCUT2D eigenvalue weighted by Gasteiger charge is 2.29. The molecule has 0 fully saturated rings. The van der Waals surface area contributed by atoms with Gasteiger partial charge in [0.05, 0.1) is 11.1 Å². The highest BCUT2D eigenvalue weighted by atomic mass is 35.5. The summed E-state index contributed by atoms with van der Waals surface area (Å²) in [6.07, 6.45) is -3.19. The van der Waals surface area contributed by atoms with E-state index in [4.69, 9.17) is 17.3 Å². The molecule has 3 nitrogen and oxygen atoms in total. The summed E-state index contributed by atoms with van der Waals surface area (Å²) in [5.74, 6) is -1.25. The van der Waals surface area contributed by atoms with Crippen molar-refractivity contribution in [3.63, 3.8) is 0 Å². The van der Waals surface area contributed by atoms with Crippen LogP contribution < -0.4 is 5.73 Å². The lowest BCUT2D eigenvalue weighted by molar-refractivity contribution is -0.137. The van der Waals surface area contributed by atoms with Gasteiger partial charge in [0.15, 0.2) is 0 Å². The van der Waals surface area contributed by atoms with Crippen LogP contribution in [0.1, 0.15) is 16.7 Å². The van der Waals surface area contributed by atoms with Crippen LogP contribution in [-0.4, -0.2) is 11.1 Å². The van der Waals surface area contributed by atoms with E-state index < -0.39 is 17.7 Å². The molecule has 0 bridgehead atoms. The van der Waals surface area contributed by atoms with E-state index >= 15 is 0 Å². The molecule has 0 aliphatic heterocycles. The Morgan fingerprint density at radius 2 is 1.74 bits per heavy atom. The Morgan fingerprint density at radius 3 is 2.22 bits per heavy atom. The Hall–Kier alpha value is -2.47. The van der Waals surface area contributed by atoms with E-state index in [1.807, 2.05) is 0 Å². The van der Waals surface area contributed by atoms with Crippen LogP contribution in [-0.2, 0) is 11.0 Å². The van der Waals surface area contributed by atoms with Gasteiger partial charge in [0.2, 0.25) is 0 Å². The lowest BCUT2D eigenvalue weighted by Crippen LogP contribution is -2.05. The summed E-state index contributed by atoms with van der Waals surface area (Å²) in [4.78, 5) is 11.4. The Morgan fingerprint density at radius 1 is 1.13 bits per heavy atom. The van der Waals surface area contributed by atoms with Gasteiger partial charge < -0.3 is 10.8 Å². The molecule has 0 spiro atoms. The Kier molecular flexibility index (Phi) is 4.65. The minimum atomic E-state index is -4.45. The number of alkyl halides is 3. The molecule has 23 heavy (non-hydrogen) atoms. The second kappa shape index (κ2) is 6.34. The number of hydrogen-bond donors (Lipinski definition) is 2. The molecular weight excluding hydrogens is 331 g/mol. The number of nitrogen functional groups attached to an aromatic ring is 1. The normalized spacial score (nSPS) is 12.3. The number of anilines is 1. The highest BCUT2D eigenvalue weighted by Crippen LogP contribution is 2.30. The number of carboxylic acids is 1. The lowest BCUT2D eigenvalue weighted by Gasteiger charge is -2.09. The van der Waals surface area contributed by atoms with Crippen LogP contribution in [0.15, 0.2) is 42.5 Å². The largest absolute Gasteiger partial charge is 0.478 e. The van der Waals surface area contributed by atoms with Gasteiger partial charge in [-0.15, -0.1) is 0 Å². The van der Waals surface area contributed by atoms with Gasteiger partial charge in [0.25, 0.3) is 0 Å². The molecule has 0 aromatic heterocycles. The summed E-state index contributed by atoms with van der Waals surface area (Å²) < 4.78 is 37.6. The standard InChI is InChI=1S/C16H11ClF3NO2/c17-11-5-6-12(14(21)8-11)13(15(22)23)7-9-1-3-10(4-2-9)16(18,19)20/h1-8H,21H2,(H,22,23)/b13-7+. The number of carbonyl (C=O) groups is 1. The summed E-state index contributed by atoms with van der Waals surface area (Å²) in [5.41, 5.74) is 5.52. The van der Waals surface area contributed by atoms with Gasteiger partial charge >= 0.3 is 12.1 Å². The first-order valence-electron chi connectivity index (χ1n) is 6.36. The van der Waals surface area contributed by atoms with E-state index in [0.717, 1.165) is 12.1 Å². The maximum Gasteiger partial charge on any atom is 0.416 e. The zero-order valence-electron chi connectivity index (χ0n) is 11.6. The number of carboxylic acid groups (broad SMARTS) is 1. The van der Waals surface area contributed by atoms with Crippen LogP contribution >= 0.6 is 11.6 Å². The fourth-order valence-electron chi connectivity index (χ4n) is 1.97. The van der Waals surface area contributed by atoms with Crippen molar-refractivity contribution in [1.82, 2.24) is 0 Å². The fraction of sp³-hybridized carbons (Fsp3) is 0.0625. The molecule has 7 heteroatoms. The third kappa shape index (κ3) is 4.04. The average Bonchev–Trinajstić information content (AvgIpc) is 2.45. The number of hydrogen-bond acceptors (Lipinski definition) is 2. The van der Waals surface area contributed by atoms with Crippen molar-refractivity contribution in [1.29, 1.82) is 0 Å². The summed E-state index contributed by atoms with van der Waals surface area (Å²) in [6.45, 7) is 0. The molecule has 0 saturated carbocycles. The molecule has 0 aliphatic rings. The Labute approximate surface area is 134 Å². The summed E-state index contributed by atoms with van der Waals surface area (Å²) >= 11 is 5.77. The van der Waals surface area contributed by atoms with Crippen molar-refractivity contribution in [2.45, 2.75) is 6.18 Å². The molecule has 0 radical (unpaired) electrons. The molecule has 2 aromatic rings. The van der Waals surface area contributed by atoms with Crippen LogP contribution in [0.25, 0.3) is 11.6 Å². The third-order valence-corrected chi connectivity index (χ3v) is 3.32. The van der Waals surface area contributed by atoms with E-state index in [0.29, 0.717) is 10.6 Å². The Bertz CT molecular complexity index is 768. The number of rotatable bonds is 3. The average molecular weight is 342 g/mol. The molecule has 0 heterocycles. The first-order valence-corrected chi connectivity index (χ1v) is 6.74. The van der Waals surface area contributed by atoms with Crippen molar-refractivity contribution in [2.24, 2.45) is 0 Å². The van der Waals surface area contributed by atoms with Gasteiger partial charge in [-0.05, 0) is 35.9 Å². The van der Waals surface area contributed by atoms with Gasteiger partial charge in [-0.25, -0.2) is 4.79 Å². The van der Waals surface area contributed by atoms with E-state index in [1.165, 1.54) is 36.4 Å². The molecule has 2 aromatic carbocycles. The molecule has 0 aliphatic carbocycles. The third-order valence-electron chi connectivity index (χ3n) is 3.08. The van der Waals surface area contributed by atoms with E-state index in [-0.39, 0.29) is 16.8 Å². The van der Waals surface area contributed by atoms with Gasteiger partial charge in [-0.3, -0.25) is 0 Å². The zero-order valence-corrected chi connectivity index (χ0v) is 12.3. The van der Waals surface area contributed by atoms with Gasteiger partial charge in [-0.1, -0.05) is 29.8 Å². The van der Waals surface area contributed by atoms with Gasteiger partial charge in [0.1, 0.15) is 0 Å². The molecule has 120 valence electrons. The van der Waals surface area contributed by atoms with Crippen molar-refractivity contribution in [3.05, 3.63) is 64.2 Å². The zero-order chi connectivity index (χ0) is 17.2. The fourth-order valence-corrected chi connectivity index (χ4v) is 2.15. The quantitative estimate of drug-likeness (QED) is 0.488. The van der Waals surface area contributed by atoms with Crippen LogP contribution in [0.2, 0.25) is 5.02 Å². The minimum Gasteiger partial charge on any atom is -0.478 e. The van der Waals surface area contributed by atoms with E-state index in [1.54, 1.807) is 0 Å². The first-order chi connectivity index (χ1) is 10.7. The molecule has 0 amide bonds. The van der Waals surface area contributed by atoms with Gasteiger partial charge in [-0.2, -0.15) is 13.2 Å². The lowest BCUT2D eigenvalue weighted by atomic mass is 10.0. The van der Waals surface area contributed by atoms with Crippen molar-refractivity contribution in [3.8, 4) is 0 Å². The summed E-state index contributed by atoms with van der Waals surface area (Å²) in [6, 6.07) is 8.49. The predicted molar refractivity (Wildman–Crippen MR) is 82.8 cm³/mol. The number of aliphatic carboxylic acids is 1. The van der Waals surface area contributed by atoms with Crippen molar-refractivity contribution >= 4 is 34.9 Å². The molecule has 2 rings (SSSR count). The van der Waals surface area contributed by atoms with E-state index in [9.17, 15) is 23.1 Å². The minimum absolute atomic E-state index is 0.140. The number of halogens is 4. The molecule has 0 atom stereocenters. The van der Waals surface area contributed by atoms with E-state index in [2.05, 4.69) is 0 Å². The molecule has 0 unspecified atom stereocenters. The predicted octanol–water partition coefficient (Wildman–Crippen LogP) is 4.57. The van der Waals surface area contributed by atoms with Crippen molar-refractivity contribution < 1.29 is 23.1 Å². The smallest absolute Gasteiger partial charge is 0.416 e. The maximum absolute atomic E-state index is 12.5.